The third kappa shape index (κ3) is 1.55. The monoisotopic (exact) mass is 315 g/mol. The predicted octanol–water partition coefficient (Wildman–Crippen LogP) is 3.98. The maximum Gasteiger partial charge on any atom is 0.249 e. The highest BCUT2D eigenvalue weighted by Crippen LogP contribution is 2.51. The highest BCUT2D eigenvalue weighted by molar-refractivity contribution is 6.14. The van der Waals surface area contributed by atoms with E-state index in [1.165, 1.54) is 12.0 Å². The molecule has 1 aliphatic heterocycles. The molecule has 4 heteroatoms. The fourth-order valence-electron chi connectivity index (χ4n) is 4.05. The quantitative estimate of drug-likeness (QED) is 0.682. The summed E-state index contributed by atoms with van der Waals surface area (Å²) >= 11 is 0. The number of benzene rings is 1. The summed E-state index contributed by atoms with van der Waals surface area (Å²) in [6.45, 7) is 1.98. The molecule has 4 nitrogen and oxygen atoms in total. The molecule has 5 rings (SSSR count). The van der Waals surface area contributed by atoms with Crippen molar-refractivity contribution >= 4 is 22.4 Å². The van der Waals surface area contributed by atoms with Crippen LogP contribution in [0.1, 0.15) is 42.5 Å². The molecule has 0 amide bonds. The zero-order valence-electron chi connectivity index (χ0n) is 13.5. The molecule has 3 heterocycles. The Morgan fingerprint density at radius 2 is 1.83 bits per heavy atom. The number of fused-ring (bicyclic) bond motifs is 3. The van der Waals surface area contributed by atoms with Gasteiger partial charge in [0, 0.05) is 17.8 Å². The van der Waals surface area contributed by atoms with E-state index >= 15 is 0 Å². The first-order valence-corrected chi connectivity index (χ1v) is 8.37. The Hall–Kier alpha value is -2.75. The van der Waals surface area contributed by atoms with Crippen molar-refractivity contribution in [2.45, 2.75) is 31.6 Å². The molecular formula is C20H17N3O. The van der Waals surface area contributed by atoms with E-state index in [0.717, 1.165) is 35.0 Å². The molecule has 1 fully saturated rings. The smallest absolute Gasteiger partial charge is 0.249 e. The van der Waals surface area contributed by atoms with Crippen molar-refractivity contribution in [3.05, 3.63) is 65.9 Å². The van der Waals surface area contributed by atoms with Crippen molar-refractivity contribution in [2.75, 3.05) is 0 Å². The average Bonchev–Trinajstić information content (AvgIpc) is 3.04. The van der Waals surface area contributed by atoms with Crippen LogP contribution in [0, 0.1) is 0 Å². The summed E-state index contributed by atoms with van der Waals surface area (Å²) in [4.78, 5) is 22.4. The van der Waals surface area contributed by atoms with Crippen LogP contribution in [-0.4, -0.2) is 20.4 Å². The molecule has 1 atom stereocenters. The number of allylic oxidation sites excluding steroid dienone is 2. The second-order valence-corrected chi connectivity index (χ2v) is 6.76. The lowest BCUT2D eigenvalue weighted by atomic mass is 9.74. The van der Waals surface area contributed by atoms with Crippen LogP contribution in [0.15, 0.2) is 54.4 Å². The zero-order chi connectivity index (χ0) is 16.3. The number of carbonyl (C=O) groups is 1. The lowest BCUT2D eigenvalue weighted by Crippen LogP contribution is -2.34. The minimum atomic E-state index is -0.795. The molecule has 2 aliphatic rings. The van der Waals surface area contributed by atoms with Crippen molar-refractivity contribution in [3.63, 3.8) is 0 Å². The van der Waals surface area contributed by atoms with E-state index in [-0.39, 0.29) is 5.91 Å². The number of hydrogen-bond acceptors (Lipinski definition) is 3. The highest BCUT2D eigenvalue weighted by atomic mass is 16.2. The molecule has 24 heavy (non-hydrogen) atoms. The van der Waals surface area contributed by atoms with Crippen LogP contribution in [0.3, 0.4) is 0 Å². The number of aromatic nitrogens is 3. The van der Waals surface area contributed by atoms with Gasteiger partial charge in [0.1, 0.15) is 11.2 Å². The Morgan fingerprint density at radius 1 is 1.08 bits per heavy atom. The van der Waals surface area contributed by atoms with Crippen molar-refractivity contribution in [2.24, 2.45) is 0 Å². The molecule has 0 unspecified atom stereocenters. The van der Waals surface area contributed by atoms with Gasteiger partial charge in [-0.3, -0.25) is 9.36 Å². The first-order chi connectivity index (χ1) is 11.7. The summed E-state index contributed by atoms with van der Waals surface area (Å²) in [5.74, 6) is 0.650. The van der Waals surface area contributed by atoms with Crippen LogP contribution >= 0.6 is 0 Å². The third-order valence-corrected chi connectivity index (χ3v) is 5.42. The minimum Gasteiger partial charge on any atom is -0.279 e. The van der Waals surface area contributed by atoms with Crippen molar-refractivity contribution in [3.8, 4) is 0 Å². The van der Waals surface area contributed by atoms with Gasteiger partial charge in [0.05, 0.1) is 11.2 Å². The Bertz CT molecular complexity index is 1010. The third-order valence-electron chi connectivity index (χ3n) is 5.42. The SMILES string of the molecule is C[C@]1(c2ncccn2)C(=O)n2c(cc3ccccc32)C1=C1CCC1. The molecular weight excluding hydrogens is 298 g/mol. The molecule has 2 aromatic heterocycles. The Labute approximate surface area is 139 Å². The second kappa shape index (κ2) is 4.63. The fraction of sp³-hybridized carbons (Fsp3) is 0.250. The van der Waals surface area contributed by atoms with Gasteiger partial charge in [-0.05, 0) is 50.0 Å². The minimum absolute atomic E-state index is 0.0549. The average molecular weight is 315 g/mol. The lowest BCUT2D eigenvalue weighted by molar-refractivity contribution is 0.0865. The Balaban J connectivity index is 1.86. The van der Waals surface area contributed by atoms with E-state index in [4.69, 9.17) is 0 Å². The van der Waals surface area contributed by atoms with E-state index in [1.54, 1.807) is 18.5 Å². The molecule has 0 spiro atoms. The molecule has 3 aromatic rings. The number of rotatable bonds is 1. The van der Waals surface area contributed by atoms with Gasteiger partial charge in [-0.15, -0.1) is 0 Å². The maximum absolute atomic E-state index is 13.5. The molecule has 1 saturated carbocycles. The summed E-state index contributed by atoms with van der Waals surface area (Å²) in [6.07, 6.45) is 6.75. The molecule has 0 bridgehead atoms. The standard InChI is InChI=1S/C20H17N3O/c1-20(18-21-10-5-11-22-18)17(13-7-4-8-13)16-12-14-6-2-3-9-15(14)23(16)19(20)24/h2-3,5-6,9-12H,4,7-8H2,1H3/t20-/m0/s1. The van der Waals surface area contributed by atoms with Crippen molar-refractivity contribution < 1.29 is 4.79 Å². The zero-order valence-corrected chi connectivity index (χ0v) is 13.5. The number of para-hydroxylation sites is 1. The topological polar surface area (TPSA) is 47.8 Å². The number of carbonyl (C=O) groups excluding carboxylic acids is 1. The van der Waals surface area contributed by atoms with Gasteiger partial charge in [-0.2, -0.15) is 0 Å². The fourth-order valence-corrected chi connectivity index (χ4v) is 4.05. The summed E-state index contributed by atoms with van der Waals surface area (Å²) in [5.41, 5.74) is 3.69. The summed E-state index contributed by atoms with van der Waals surface area (Å²) in [6, 6.07) is 12.0. The van der Waals surface area contributed by atoms with Gasteiger partial charge in [-0.25, -0.2) is 9.97 Å². The van der Waals surface area contributed by atoms with E-state index in [0.29, 0.717) is 5.82 Å². The van der Waals surface area contributed by atoms with Gasteiger partial charge < -0.3 is 0 Å². The molecule has 118 valence electrons. The van der Waals surface area contributed by atoms with Crippen LogP contribution in [0.5, 0.6) is 0 Å². The normalized spacial score (nSPS) is 22.8. The van der Waals surface area contributed by atoms with Crippen LogP contribution < -0.4 is 0 Å². The molecule has 0 radical (unpaired) electrons. The summed E-state index contributed by atoms with van der Waals surface area (Å²) in [7, 11) is 0. The van der Waals surface area contributed by atoms with Gasteiger partial charge in [0.25, 0.3) is 0 Å². The Kier molecular flexibility index (Phi) is 2.64. The van der Waals surface area contributed by atoms with Crippen molar-refractivity contribution in [1.29, 1.82) is 0 Å². The molecule has 1 aliphatic carbocycles. The maximum atomic E-state index is 13.5. The second-order valence-electron chi connectivity index (χ2n) is 6.76. The van der Waals surface area contributed by atoms with Crippen LogP contribution in [0.25, 0.3) is 16.5 Å². The largest absolute Gasteiger partial charge is 0.279 e. The van der Waals surface area contributed by atoms with E-state index < -0.39 is 5.41 Å². The van der Waals surface area contributed by atoms with E-state index in [9.17, 15) is 4.79 Å². The molecule has 0 saturated heterocycles. The van der Waals surface area contributed by atoms with Crippen molar-refractivity contribution in [1.82, 2.24) is 14.5 Å². The lowest BCUT2D eigenvalue weighted by Gasteiger charge is -2.28. The van der Waals surface area contributed by atoms with Crippen LogP contribution in [-0.2, 0) is 5.41 Å². The van der Waals surface area contributed by atoms with Gasteiger partial charge in [-0.1, -0.05) is 23.8 Å². The van der Waals surface area contributed by atoms with Gasteiger partial charge in [0.15, 0.2) is 0 Å². The molecule has 1 aromatic carbocycles. The first-order valence-electron chi connectivity index (χ1n) is 8.37. The predicted molar refractivity (Wildman–Crippen MR) is 92.7 cm³/mol. The number of hydrogen-bond donors (Lipinski definition) is 0. The molecule has 0 N–H and O–H groups in total. The summed E-state index contributed by atoms with van der Waals surface area (Å²) < 4.78 is 1.87. The van der Waals surface area contributed by atoms with Gasteiger partial charge in [0.2, 0.25) is 5.91 Å². The van der Waals surface area contributed by atoms with E-state index in [1.807, 2.05) is 29.7 Å². The van der Waals surface area contributed by atoms with E-state index in [2.05, 4.69) is 22.1 Å². The van der Waals surface area contributed by atoms with Gasteiger partial charge >= 0.3 is 0 Å². The van der Waals surface area contributed by atoms with Crippen LogP contribution in [0.2, 0.25) is 0 Å². The van der Waals surface area contributed by atoms with Crippen LogP contribution in [0.4, 0.5) is 0 Å². The Morgan fingerprint density at radius 3 is 2.54 bits per heavy atom. The summed E-state index contributed by atoms with van der Waals surface area (Å²) in [5, 5.41) is 1.11. The number of nitrogens with zero attached hydrogens (tertiary/aromatic N) is 3. The first kappa shape index (κ1) is 13.7. The highest BCUT2D eigenvalue weighted by Gasteiger charge is 2.52.